The summed E-state index contributed by atoms with van der Waals surface area (Å²) in [6, 6.07) is 10.0. The summed E-state index contributed by atoms with van der Waals surface area (Å²) in [7, 11) is 0. The Kier molecular flexibility index (Phi) is 4.95. The summed E-state index contributed by atoms with van der Waals surface area (Å²) >= 11 is 0. The monoisotopic (exact) mass is 446 g/mol. The van der Waals surface area contributed by atoms with E-state index >= 15 is 0 Å². The molecule has 0 saturated carbocycles. The van der Waals surface area contributed by atoms with Crippen molar-refractivity contribution in [2.45, 2.75) is 0 Å². The van der Waals surface area contributed by atoms with Crippen LogP contribution in [0.2, 0.25) is 0 Å². The van der Waals surface area contributed by atoms with E-state index in [1.54, 1.807) is 10.9 Å². The van der Waals surface area contributed by atoms with Crippen molar-refractivity contribution >= 4 is 34.2 Å². The van der Waals surface area contributed by atoms with Crippen molar-refractivity contribution in [3.05, 3.63) is 42.7 Å². The van der Waals surface area contributed by atoms with E-state index in [-0.39, 0.29) is 0 Å². The van der Waals surface area contributed by atoms with Crippen molar-refractivity contribution in [1.82, 2.24) is 29.9 Å². The summed E-state index contributed by atoms with van der Waals surface area (Å²) in [5.41, 5.74) is 8.24. The number of ether oxygens (including phenoxy) is 1. The number of nitrogens with one attached hydrogen (secondary N) is 1. The van der Waals surface area contributed by atoms with Gasteiger partial charge in [0.1, 0.15) is 11.6 Å². The third-order valence-electron chi connectivity index (χ3n) is 6.27. The lowest BCUT2D eigenvalue weighted by Gasteiger charge is -2.37. The second-order valence-corrected chi connectivity index (χ2v) is 8.20. The quantitative estimate of drug-likeness (QED) is 0.478. The lowest BCUT2D eigenvalue weighted by atomic mass is 10.2. The van der Waals surface area contributed by atoms with E-state index < -0.39 is 0 Å². The van der Waals surface area contributed by atoms with Crippen LogP contribution in [0.4, 0.5) is 23.1 Å². The van der Waals surface area contributed by atoms with Gasteiger partial charge in [-0.2, -0.15) is 9.78 Å². The zero-order chi connectivity index (χ0) is 22.2. The number of rotatable bonds is 4. The summed E-state index contributed by atoms with van der Waals surface area (Å²) in [6.07, 6.45) is 3.54. The molecule has 11 heteroatoms. The van der Waals surface area contributed by atoms with Crippen LogP contribution in [0, 0.1) is 0 Å². The Morgan fingerprint density at radius 2 is 1.67 bits per heavy atom. The summed E-state index contributed by atoms with van der Waals surface area (Å²) in [5.74, 6) is 3.11. The number of nitrogens with zero attached hydrogens (tertiary/aromatic N) is 8. The molecule has 170 valence electrons. The van der Waals surface area contributed by atoms with Gasteiger partial charge in [0, 0.05) is 57.6 Å². The Morgan fingerprint density at radius 1 is 0.879 bits per heavy atom. The van der Waals surface area contributed by atoms with Crippen LogP contribution >= 0.6 is 0 Å². The average molecular weight is 447 g/mol. The molecule has 2 aliphatic heterocycles. The fourth-order valence-electron chi connectivity index (χ4n) is 4.57. The first-order valence-electron chi connectivity index (χ1n) is 11.2. The van der Waals surface area contributed by atoms with Crippen LogP contribution in [-0.4, -0.2) is 82.4 Å². The van der Waals surface area contributed by atoms with Crippen LogP contribution in [0.15, 0.2) is 42.7 Å². The number of piperazine rings is 1. The van der Waals surface area contributed by atoms with Crippen molar-refractivity contribution in [2.24, 2.45) is 0 Å². The van der Waals surface area contributed by atoms with Gasteiger partial charge in [0.15, 0.2) is 17.3 Å². The van der Waals surface area contributed by atoms with Gasteiger partial charge in [-0.3, -0.25) is 5.10 Å². The molecule has 4 aromatic rings. The maximum absolute atomic E-state index is 6.45. The Hall–Kier alpha value is -3.86. The highest BCUT2D eigenvalue weighted by Crippen LogP contribution is 2.35. The standard InChI is InChI=1S/C22H26N10O/c23-21-20-16(29-7-9-30(10-8-29)17-3-1-2-5-24-17)15-19(31-11-13-33-14-12-31)26-22(20)32(28-21)18-4-6-25-27-18/h1-6,15H,7-14H2,(H2,23,28)(H,25,27). The molecule has 2 fully saturated rings. The summed E-state index contributed by atoms with van der Waals surface area (Å²) in [4.78, 5) is 16.5. The first-order chi connectivity index (χ1) is 16.3. The van der Waals surface area contributed by atoms with E-state index in [2.05, 4.69) is 47.1 Å². The van der Waals surface area contributed by atoms with Crippen LogP contribution in [0.1, 0.15) is 0 Å². The number of fused-ring (bicyclic) bond motifs is 1. The predicted octanol–water partition coefficient (Wildman–Crippen LogP) is 1.28. The summed E-state index contributed by atoms with van der Waals surface area (Å²) in [6.45, 7) is 6.46. The molecule has 2 saturated heterocycles. The fourth-order valence-corrected chi connectivity index (χ4v) is 4.57. The summed E-state index contributed by atoms with van der Waals surface area (Å²) in [5, 5.41) is 12.5. The largest absolute Gasteiger partial charge is 0.382 e. The van der Waals surface area contributed by atoms with Crippen LogP contribution in [0.25, 0.3) is 16.9 Å². The molecule has 4 aromatic heterocycles. The van der Waals surface area contributed by atoms with Gasteiger partial charge >= 0.3 is 0 Å². The van der Waals surface area contributed by atoms with Gasteiger partial charge in [0.05, 0.1) is 30.5 Å². The number of nitrogen functional groups attached to an aromatic ring is 1. The maximum atomic E-state index is 6.45. The van der Waals surface area contributed by atoms with Gasteiger partial charge in [-0.1, -0.05) is 6.07 Å². The lowest BCUT2D eigenvalue weighted by Crippen LogP contribution is -2.47. The van der Waals surface area contributed by atoms with Gasteiger partial charge in [-0.15, -0.1) is 5.10 Å². The number of aromatic nitrogens is 6. The molecule has 6 heterocycles. The third-order valence-corrected chi connectivity index (χ3v) is 6.27. The average Bonchev–Trinajstić information content (AvgIpc) is 3.53. The Bertz CT molecular complexity index is 1230. The first-order valence-corrected chi connectivity index (χ1v) is 11.2. The van der Waals surface area contributed by atoms with Gasteiger partial charge in [0.25, 0.3) is 0 Å². The molecule has 3 N–H and O–H groups in total. The molecule has 0 aromatic carbocycles. The molecule has 0 amide bonds. The maximum Gasteiger partial charge on any atom is 0.171 e. The molecule has 0 spiro atoms. The number of hydrogen-bond acceptors (Lipinski definition) is 9. The van der Waals surface area contributed by atoms with Crippen molar-refractivity contribution in [1.29, 1.82) is 0 Å². The van der Waals surface area contributed by atoms with E-state index in [1.165, 1.54) is 0 Å². The third kappa shape index (κ3) is 3.59. The highest BCUT2D eigenvalue weighted by Gasteiger charge is 2.26. The second-order valence-electron chi connectivity index (χ2n) is 8.20. The Balaban J connectivity index is 1.40. The van der Waals surface area contributed by atoms with Crippen molar-refractivity contribution in [3.63, 3.8) is 0 Å². The van der Waals surface area contributed by atoms with Crippen LogP contribution in [0.3, 0.4) is 0 Å². The molecule has 0 aliphatic carbocycles. The topological polar surface area (TPSA) is 117 Å². The minimum Gasteiger partial charge on any atom is -0.382 e. The highest BCUT2D eigenvalue weighted by molar-refractivity contribution is 6.00. The number of anilines is 4. The van der Waals surface area contributed by atoms with Gasteiger partial charge in [0.2, 0.25) is 0 Å². The minimum atomic E-state index is 0.461. The van der Waals surface area contributed by atoms with E-state index in [0.29, 0.717) is 19.0 Å². The molecule has 11 nitrogen and oxygen atoms in total. The molecule has 0 unspecified atom stereocenters. The van der Waals surface area contributed by atoms with E-state index in [9.17, 15) is 0 Å². The molecule has 6 rings (SSSR count). The highest BCUT2D eigenvalue weighted by atomic mass is 16.5. The zero-order valence-corrected chi connectivity index (χ0v) is 18.3. The normalized spacial score (nSPS) is 17.2. The van der Waals surface area contributed by atoms with Crippen molar-refractivity contribution < 1.29 is 4.74 Å². The lowest BCUT2D eigenvalue weighted by molar-refractivity contribution is 0.122. The SMILES string of the molecule is Nc1nn(-c2ccn[nH]2)c2nc(N3CCOCC3)cc(N3CCN(c4ccccn4)CC3)c12. The predicted molar refractivity (Wildman–Crippen MR) is 127 cm³/mol. The van der Waals surface area contributed by atoms with E-state index in [1.807, 2.05) is 24.4 Å². The second kappa shape index (κ2) is 8.24. The molecular weight excluding hydrogens is 420 g/mol. The smallest absolute Gasteiger partial charge is 0.171 e. The molecular formula is C22H26N10O. The number of pyridine rings is 2. The van der Waals surface area contributed by atoms with E-state index in [4.69, 9.17) is 15.5 Å². The van der Waals surface area contributed by atoms with Gasteiger partial charge in [-0.25, -0.2) is 9.97 Å². The zero-order valence-electron chi connectivity index (χ0n) is 18.3. The Morgan fingerprint density at radius 3 is 2.39 bits per heavy atom. The molecule has 0 bridgehead atoms. The van der Waals surface area contributed by atoms with Crippen molar-refractivity contribution in [3.8, 4) is 5.82 Å². The van der Waals surface area contributed by atoms with Crippen LogP contribution < -0.4 is 20.4 Å². The number of nitrogens with two attached hydrogens (primary N) is 1. The van der Waals surface area contributed by atoms with E-state index in [0.717, 1.165) is 73.4 Å². The molecule has 2 aliphatic rings. The van der Waals surface area contributed by atoms with Crippen LogP contribution in [0.5, 0.6) is 0 Å². The fraction of sp³-hybridized carbons (Fsp3) is 0.364. The van der Waals surface area contributed by atoms with Gasteiger partial charge in [-0.05, 0) is 12.1 Å². The summed E-state index contributed by atoms with van der Waals surface area (Å²) < 4.78 is 7.30. The first kappa shape index (κ1) is 19.8. The molecule has 0 atom stereocenters. The van der Waals surface area contributed by atoms with Crippen molar-refractivity contribution in [2.75, 3.05) is 72.9 Å². The number of morpholine rings is 1. The number of aromatic amines is 1. The Labute approximate surface area is 190 Å². The number of hydrogen-bond donors (Lipinski definition) is 2. The molecule has 0 radical (unpaired) electrons. The minimum absolute atomic E-state index is 0.461. The van der Waals surface area contributed by atoms with Crippen LogP contribution in [-0.2, 0) is 4.74 Å². The van der Waals surface area contributed by atoms with Gasteiger partial charge < -0.3 is 25.2 Å². The molecule has 33 heavy (non-hydrogen) atoms. The number of H-pyrrole nitrogens is 1.